The van der Waals surface area contributed by atoms with Crippen LogP contribution in [0.1, 0.15) is 18.1 Å². The van der Waals surface area contributed by atoms with Gasteiger partial charge in [0.05, 0.1) is 20.8 Å². The molecule has 0 heterocycles. The lowest BCUT2D eigenvalue weighted by Crippen LogP contribution is -2.38. The Hall–Kier alpha value is -2.20. The van der Waals surface area contributed by atoms with Crippen LogP contribution in [0.5, 0.6) is 5.75 Å². The summed E-state index contributed by atoms with van der Waals surface area (Å²) in [6.45, 7) is 3.99. The Balaban J connectivity index is 0.00000450. The van der Waals surface area contributed by atoms with Crippen LogP contribution in [0.2, 0.25) is 5.02 Å². The molecule has 0 atom stereocenters. The summed E-state index contributed by atoms with van der Waals surface area (Å²) in [7, 11) is 2.95. The van der Waals surface area contributed by atoms with Gasteiger partial charge in [-0.2, -0.15) is 0 Å². The van der Waals surface area contributed by atoms with E-state index < -0.39 is 6.09 Å². The van der Waals surface area contributed by atoms with Crippen molar-refractivity contribution in [2.45, 2.75) is 19.9 Å². The molecule has 7 nitrogen and oxygen atoms in total. The van der Waals surface area contributed by atoms with E-state index in [0.29, 0.717) is 23.8 Å². The number of anilines is 1. The van der Waals surface area contributed by atoms with Crippen LogP contribution in [0.4, 0.5) is 10.5 Å². The van der Waals surface area contributed by atoms with Crippen molar-refractivity contribution in [3.63, 3.8) is 0 Å². The van der Waals surface area contributed by atoms with Gasteiger partial charge in [0.2, 0.25) is 0 Å². The van der Waals surface area contributed by atoms with Gasteiger partial charge in [0.15, 0.2) is 5.96 Å². The van der Waals surface area contributed by atoms with Crippen LogP contribution in [0.3, 0.4) is 0 Å². The van der Waals surface area contributed by atoms with Crippen molar-refractivity contribution < 1.29 is 14.3 Å². The first-order valence-electron chi connectivity index (χ1n) is 9.34. The maximum atomic E-state index is 11.2. The Morgan fingerprint density at radius 1 is 1.10 bits per heavy atom. The first-order valence-corrected chi connectivity index (χ1v) is 9.72. The number of halogens is 2. The Morgan fingerprint density at radius 2 is 1.83 bits per heavy atom. The zero-order valence-electron chi connectivity index (χ0n) is 17.3. The normalized spacial score (nSPS) is 10.6. The van der Waals surface area contributed by atoms with E-state index in [-0.39, 0.29) is 24.0 Å². The fraction of sp³-hybridized carbons (Fsp3) is 0.333. The first kappa shape index (κ1) is 25.8. The Morgan fingerprint density at radius 3 is 2.43 bits per heavy atom. The van der Waals surface area contributed by atoms with Crippen molar-refractivity contribution in [3.05, 3.63) is 58.6 Å². The van der Waals surface area contributed by atoms with E-state index in [1.165, 1.54) is 7.11 Å². The van der Waals surface area contributed by atoms with Crippen molar-refractivity contribution in [2.75, 3.05) is 32.6 Å². The molecule has 0 radical (unpaired) electrons. The van der Waals surface area contributed by atoms with Gasteiger partial charge >= 0.3 is 6.09 Å². The maximum Gasteiger partial charge on any atom is 0.411 e. The highest BCUT2D eigenvalue weighted by Crippen LogP contribution is 2.22. The van der Waals surface area contributed by atoms with Gasteiger partial charge in [0.25, 0.3) is 0 Å². The molecular weight excluding hydrogens is 519 g/mol. The Bertz CT molecular complexity index is 832. The van der Waals surface area contributed by atoms with Gasteiger partial charge in [0, 0.05) is 23.8 Å². The second-order valence-electron chi connectivity index (χ2n) is 6.14. The van der Waals surface area contributed by atoms with Crippen LogP contribution in [0, 0.1) is 0 Å². The number of amides is 1. The van der Waals surface area contributed by atoms with E-state index in [0.717, 1.165) is 35.8 Å². The van der Waals surface area contributed by atoms with Gasteiger partial charge in [-0.15, -0.1) is 24.0 Å². The molecule has 0 aliphatic rings. The van der Waals surface area contributed by atoms with Gasteiger partial charge in [-0.1, -0.05) is 29.8 Å². The molecule has 0 fully saturated rings. The third-order valence-electron chi connectivity index (χ3n) is 4.10. The summed E-state index contributed by atoms with van der Waals surface area (Å²) in [6.07, 6.45) is 0.271. The van der Waals surface area contributed by atoms with E-state index >= 15 is 0 Å². The van der Waals surface area contributed by atoms with Gasteiger partial charge in [-0.25, -0.2) is 9.79 Å². The number of hydrogen-bond donors (Lipinski definition) is 3. The summed E-state index contributed by atoms with van der Waals surface area (Å²) in [4.78, 5) is 15.8. The molecule has 0 bridgehead atoms. The summed E-state index contributed by atoms with van der Waals surface area (Å²) in [6, 6.07) is 13.1. The van der Waals surface area contributed by atoms with E-state index in [1.54, 1.807) is 7.11 Å². The van der Waals surface area contributed by atoms with Gasteiger partial charge < -0.3 is 20.1 Å². The fourth-order valence-electron chi connectivity index (χ4n) is 2.55. The predicted molar refractivity (Wildman–Crippen MR) is 132 cm³/mol. The molecule has 1 amide bonds. The average Bonchev–Trinajstić information content (AvgIpc) is 2.73. The van der Waals surface area contributed by atoms with Crippen LogP contribution in [0.15, 0.2) is 47.5 Å². The van der Waals surface area contributed by atoms with Crippen molar-refractivity contribution in [1.29, 1.82) is 0 Å². The smallest absolute Gasteiger partial charge is 0.411 e. The number of carbonyl (C=O) groups excluding carboxylic acids is 1. The minimum absolute atomic E-state index is 0. The summed E-state index contributed by atoms with van der Waals surface area (Å²) >= 11 is 6.29. The second-order valence-corrected chi connectivity index (χ2v) is 6.55. The number of guanidine groups is 1. The van der Waals surface area contributed by atoms with E-state index in [1.807, 2.05) is 49.4 Å². The van der Waals surface area contributed by atoms with Crippen LogP contribution < -0.4 is 20.7 Å². The lowest BCUT2D eigenvalue weighted by molar-refractivity contribution is 0.187. The van der Waals surface area contributed by atoms with Gasteiger partial charge in [-0.3, -0.25) is 5.32 Å². The zero-order valence-corrected chi connectivity index (χ0v) is 20.4. The summed E-state index contributed by atoms with van der Waals surface area (Å²) < 4.78 is 9.75. The quantitative estimate of drug-likeness (QED) is 0.259. The topological polar surface area (TPSA) is 84.0 Å². The zero-order chi connectivity index (χ0) is 21.1. The monoisotopic (exact) mass is 546 g/mol. The van der Waals surface area contributed by atoms with Crippen LogP contribution >= 0.6 is 35.6 Å². The highest BCUT2D eigenvalue weighted by molar-refractivity contribution is 14.0. The molecule has 2 aromatic carbocycles. The number of aliphatic imine (C=N–C) groups is 1. The highest BCUT2D eigenvalue weighted by atomic mass is 127. The number of methoxy groups -OCH3 is 2. The van der Waals surface area contributed by atoms with Crippen molar-refractivity contribution >= 4 is 53.3 Å². The van der Waals surface area contributed by atoms with Crippen LogP contribution in [-0.4, -0.2) is 39.4 Å². The number of nitrogens with one attached hydrogen (secondary N) is 3. The average molecular weight is 547 g/mol. The molecule has 9 heteroatoms. The molecule has 0 saturated heterocycles. The Kier molecular flexibility index (Phi) is 12.0. The third kappa shape index (κ3) is 8.66. The SMILES string of the molecule is CCNC(=NCc1ccc(NC(=O)OC)cc1)NCCc1ccc(OC)cc1Cl.I. The molecule has 0 aliphatic heterocycles. The van der Waals surface area contributed by atoms with E-state index in [2.05, 4.69) is 25.7 Å². The van der Waals surface area contributed by atoms with Gasteiger partial charge in [-0.05, 0) is 48.7 Å². The first-order chi connectivity index (χ1) is 14.0. The fourth-order valence-corrected chi connectivity index (χ4v) is 2.81. The maximum absolute atomic E-state index is 11.2. The number of nitrogens with zero attached hydrogens (tertiary/aromatic N) is 1. The molecular formula is C21H28ClIN4O3. The van der Waals surface area contributed by atoms with Crippen LogP contribution in [0.25, 0.3) is 0 Å². The molecule has 0 saturated carbocycles. The minimum Gasteiger partial charge on any atom is -0.497 e. The van der Waals surface area contributed by atoms with Crippen molar-refractivity contribution in [3.8, 4) is 5.75 Å². The standard InChI is InChI=1S/C21H27ClN4O3.HI/c1-4-23-20(24-12-11-16-7-10-18(28-2)13-19(16)22)25-14-15-5-8-17(9-6-15)26-21(27)29-3;/h5-10,13H,4,11-12,14H2,1-3H3,(H,26,27)(H2,23,24,25);1H. The molecule has 2 aromatic rings. The molecule has 0 spiro atoms. The number of benzene rings is 2. The van der Waals surface area contributed by atoms with Crippen molar-refractivity contribution in [1.82, 2.24) is 10.6 Å². The molecule has 0 aliphatic carbocycles. The number of rotatable bonds is 8. The third-order valence-corrected chi connectivity index (χ3v) is 4.45. The minimum atomic E-state index is -0.494. The second kappa shape index (κ2) is 13.9. The van der Waals surface area contributed by atoms with E-state index in [9.17, 15) is 4.79 Å². The molecule has 0 unspecified atom stereocenters. The number of ether oxygens (including phenoxy) is 2. The van der Waals surface area contributed by atoms with Crippen LogP contribution in [-0.2, 0) is 17.7 Å². The Labute approximate surface area is 199 Å². The highest BCUT2D eigenvalue weighted by Gasteiger charge is 2.04. The molecule has 3 N–H and O–H groups in total. The molecule has 2 rings (SSSR count). The predicted octanol–water partition coefficient (Wildman–Crippen LogP) is 4.44. The largest absolute Gasteiger partial charge is 0.497 e. The summed E-state index contributed by atoms with van der Waals surface area (Å²) in [5, 5.41) is 9.85. The molecule has 30 heavy (non-hydrogen) atoms. The molecule has 0 aromatic heterocycles. The molecule has 164 valence electrons. The van der Waals surface area contributed by atoms with Gasteiger partial charge in [0.1, 0.15) is 5.75 Å². The number of hydrogen-bond acceptors (Lipinski definition) is 4. The van der Waals surface area contributed by atoms with E-state index in [4.69, 9.17) is 16.3 Å². The lowest BCUT2D eigenvalue weighted by Gasteiger charge is -2.12. The van der Waals surface area contributed by atoms with Crippen molar-refractivity contribution in [2.24, 2.45) is 4.99 Å². The summed E-state index contributed by atoms with van der Waals surface area (Å²) in [5.41, 5.74) is 2.74. The number of carbonyl (C=O) groups is 1. The summed E-state index contributed by atoms with van der Waals surface area (Å²) in [5.74, 6) is 1.48. The lowest BCUT2D eigenvalue weighted by atomic mass is 10.1.